The van der Waals surface area contributed by atoms with Crippen LogP contribution in [-0.4, -0.2) is 50.5 Å². The van der Waals surface area contributed by atoms with E-state index in [0.717, 1.165) is 5.56 Å². The molecule has 5 nitrogen and oxygen atoms in total. The Kier molecular flexibility index (Phi) is 5.94. The average Bonchev–Trinajstić information content (AvgIpc) is 3.25. The van der Waals surface area contributed by atoms with Gasteiger partial charge in [-0.05, 0) is 5.56 Å². The summed E-state index contributed by atoms with van der Waals surface area (Å²) in [6.07, 6.45) is -0.484. The zero-order valence-electron chi connectivity index (χ0n) is 11.9. The monoisotopic (exact) mass is 282 g/mol. The van der Waals surface area contributed by atoms with E-state index in [1.807, 2.05) is 30.3 Å². The van der Waals surface area contributed by atoms with Gasteiger partial charge in [0.05, 0.1) is 19.3 Å². The highest BCUT2D eigenvalue weighted by Gasteiger charge is 2.45. The van der Waals surface area contributed by atoms with Gasteiger partial charge in [-0.1, -0.05) is 30.3 Å². The van der Waals surface area contributed by atoms with Crippen molar-refractivity contribution in [3.8, 4) is 0 Å². The first-order valence-electron chi connectivity index (χ1n) is 6.75. The zero-order valence-corrected chi connectivity index (χ0v) is 11.9. The Balaban J connectivity index is 1.63. The van der Waals surface area contributed by atoms with Crippen molar-refractivity contribution in [2.45, 2.75) is 37.6 Å². The Labute approximate surface area is 119 Å². The quantitative estimate of drug-likeness (QED) is 0.547. The van der Waals surface area contributed by atoms with Gasteiger partial charge in [-0.2, -0.15) is 0 Å². The minimum absolute atomic E-state index is 0.0183. The van der Waals surface area contributed by atoms with E-state index in [1.165, 1.54) is 0 Å². The molecule has 1 aromatic rings. The summed E-state index contributed by atoms with van der Waals surface area (Å²) in [4.78, 5) is 0. The van der Waals surface area contributed by atoms with Crippen LogP contribution in [0.4, 0.5) is 0 Å². The number of aliphatic hydroxyl groups is 1. The molecule has 0 bridgehead atoms. The molecule has 1 saturated heterocycles. The summed E-state index contributed by atoms with van der Waals surface area (Å²) in [5.74, 6) is 0. The smallest absolute Gasteiger partial charge is 0.159 e. The fourth-order valence-corrected chi connectivity index (χ4v) is 2.13. The second kappa shape index (κ2) is 7.71. The second-order valence-electron chi connectivity index (χ2n) is 4.84. The molecule has 0 aromatic heterocycles. The van der Waals surface area contributed by atoms with Gasteiger partial charge in [-0.15, -0.1) is 0 Å². The fraction of sp³-hybridized carbons (Fsp3) is 0.600. The first kappa shape index (κ1) is 15.4. The third kappa shape index (κ3) is 4.54. The van der Waals surface area contributed by atoms with Crippen molar-refractivity contribution in [1.29, 1.82) is 0 Å². The highest BCUT2D eigenvalue weighted by Crippen LogP contribution is 2.30. The highest BCUT2D eigenvalue weighted by molar-refractivity contribution is 5.13. The molecular formula is C15H22O5. The summed E-state index contributed by atoms with van der Waals surface area (Å²) < 4.78 is 21.1. The van der Waals surface area contributed by atoms with E-state index in [0.29, 0.717) is 13.0 Å². The molecule has 1 aromatic carbocycles. The number of rotatable bonds is 9. The van der Waals surface area contributed by atoms with Crippen molar-refractivity contribution in [2.75, 3.05) is 20.8 Å². The summed E-state index contributed by atoms with van der Waals surface area (Å²) in [7, 11) is 3.18. The molecule has 0 aliphatic carbocycles. The lowest BCUT2D eigenvalue weighted by molar-refractivity contribution is -0.109. The second-order valence-corrected chi connectivity index (χ2v) is 4.84. The normalized spacial score (nSPS) is 23.0. The zero-order chi connectivity index (χ0) is 14.4. The molecule has 20 heavy (non-hydrogen) atoms. The third-order valence-electron chi connectivity index (χ3n) is 3.35. The van der Waals surface area contributed by atoms with Crippen LogP contribution in [0.5, 0.6) is 0 Å². The van der Waals surface area contributed by atoms with Crippen LogP contribution in [0.2, 0.25) is 0 Å². The van der Waals surface area contributed by atoms with E-state index in [4.69, 9.17) is 18.9 Å². The van der Waals surface area contributed by atoms with Crippen LogP contribution in [0.1, 0.15) is 12.0 Å². The Bertz CT molecular complexity index is 379. The minimum Gasteiger partial charge on any atom is -0.388 e. The van der Waals surface area contributed by atoms with Crippen molar-refractivity contribution in [3.63, 3.8) is 0 Å². The number of epoxide rings is 1. The Hall–Kier alpha value is -0.980. The van der Waals surface area contributed by atoms with Crippen molar-refractivity contribution in [3.05, 3.63) is 35.9 Å². The standard InChI is InChI=1S/C15H22O5/c1-17-14(18-2)8-13-15(20-13)12(16)10-19-9-11-6-4-3-5-7-11/h3-7,12-16H,8-10H2,1-2H3/t12-,13+,15+/m0/s1. The Morgan fingerprint density at radius 3 is 2.55 bits per heavy atom. The van der Waals surface area contributed by atoms with Gasteiger partial charge in [-0.3, -0.25) is 0 Å². The average molecular weight is 282 g/mol. The molecule has 112 valence electrons. The van der Waals surface area contributed by atoms with Crippen molar-refractivity contribution in [2.24, 2.45) is 0 Å². The van der Waals surface area contributed by atoms with Crippen molar-refractivity contribution in [1.82, 2.24) is 0 Å². The predicted octanol–water partition coefficient (Wildman–Crippen LogP) is 1.34. The van der Waals surface area contributed by atoms with Gasteiger partial charge < -0.3 is 24.1 Å². The number of benzene rings is 1. The molecule has 2 rings (SSSR count). The van der Waals surface area contributed by atoms with E-state index >= 15 is 0 Å². The molecule has 1 aliphatic heterocycles. The van der Waals surface area contributed by atoms with Gasteiger partial charge in [0.25, 0.3) is 0 Å². The van der Waals surface area contributed by atoms with E-state index in [9.17, 15) is 5.11 Å². The molecule has 0 radical (unpaired) electrons. The van der Waals surface area contributed by atoms with Gasteiger partial charge in [0, 0.05) is 20.6 Å². The van der Waals surface area contributed by atoms with E-state index < -0.39 is 6.10 Å². The van der Waals surface area contributed by atoms with Crippen LogP contribution in [-0.2, 0) is 25.6 Å². The minimum atomic E-state index is -0.613. The lowest BCUT2D eigenvalue weighted by Crippen LogP contribution is -2.25. The molecule has 1 heterocycles. The molecule has 0 spiro atoms. The molecule has 1 N–H and O–H groups in total. The topological polar surface area (TPSA) is 60.5 Å². The van der Waals surface area contributed by atoms with Crippen LogP contribution in [0.3, 0.4) is 0 Å². The summed E-state index contributed by atoms with van der Waals surface area (Å²) in [6, 6.07) is 9.87. The van der Waals surface area contributed by atoms with Gasteiger partial charge >= 0.3 is 0 Å². The Morgan fingerprint density at radius 2 is 1.90 bits per heavy atom. The van der Waals surface area contributed by atoms with Crippen LogP contribution in [0, 0.1) is 0 Å². The van der Waals surface area contributed by atoms with Crippen LogP contribution in [0.25, 0.3) is 0 Å². The van der Waals surface area contributed by atoms with Crippen LogP contribution < -0.4 is 0 Å². The summed E-state index contributed by atoms with van der Waals surface area (Å²) in [6.45, 7) is 0.759. The maximum atomic E-state index is 9.96. The van der Waals surface area contributed by atoms with Gasteiger partial charge in [-0.25, -0.2) is 0 Å². The molecular weight excluding hydrogens is 260 g/mol. The summed E-state index contributed by atoms with van der Waals surface area (Å²) in [5.41, 5.74) is 1.09. The number of aliphatic hydroxyl groups excluding tert-OH is 1. The summed E-state index contributed by atoms with van der Waals surface area (Å²) in [5, 5.41) is 9.96. The molecule has 0 unspecified atom stereocenters. The maximum Gasteiger partial charge on any atom is 0.159 e. The van der Waals surface area contributed by atoms with Gasteiger partial charge in [0.15, 0.2) is 6.29 Å². The largest absolute Gasteiger partial charge is 0.388 e. The lowest BCUT2D eigenvalue weighted by atomic mass is 10.1. The van der Waals surface area contributed by atoms with E-state index in [-0.39, 0.29) is 25.1 Å². The SMILES string of the molecule is COC(C[C@H]1O[C@@H]1[C@@H](O)COCc1ccccc1)OC. The predicted molar refractivity (Wildman–Crippen MR) is 73.2 cm³/mol. The van der Waals surface area contributed by atoms with Gasteiger partial charge in [0.1, 0.15) is 12.2 Å². The molecule has 3 atom stereocenters. The molecule has 1 fully saturated rings. The first-order valence-corrected chi connectivity index (χ1v) is 6.75. The Morgan fingerprint density at radius 1 is 1.20 bits per heavy atom. The van der Waals surface area contributed by atoms with E-state index in [1.54, 1.807) is 14.2 Å². The molecule has 1 aliphatic rings. The number of ether oxygens (including phenoxy) is 4. The number of hydrogen-bond acceptors (Lipinski definition) is 5. The number of methoxy groups -OCH3 is 2. The fourth-order valence-electron chi connectivity index (χ4n) is 2.13. The number of hydrogen-bond donors (Lipinski definition) is 1. The van der Waals surface area contributed by atoms with Crippen LogP contribution >= 0.6 is 0 Å². The molecule has 0 saturated carbocycles. The van der Waals surface area contributed by atoms with Crippen LogP contribution in [0.15, 0.2) is 30.3 Å². The lowest BCUT2D eigenvalue weighted by Gasteiger charge is -2.12. The van der Waals surface area contributed by atoms with Gasteiger partial charge in [0.2, 0.25) is 0 Å². The van der Waals surface area contributed by atoms with Crippen molar-refractivity contribution >= 4 is 0 Å². The first-order chi connectivity index (χ1) is 9.74. The molecule has 0 amide bonds. The molecule has 5 heteroatoms. The van der Waals surface area contributed by atoms with Crippen molar-refractivity contribution < 1.29 is 24.1 Å². The third-order valence-corrected chi connectivity index (χ3v) is 3.35. The van der Waals surface area contributed by atoms with E-state index in [2.05, 4.69) is 0 Å². The summed E-state index contributed by atoms with van der Waals surface area (Å²) >= 11 is 0. The maximum absolute atomic E-state index is 9.96. The highest BCUT2D eigenvalue weighted by atomic mass is 16.7.